The lowest BCUT2D eigenvalue weighted by molar-refractivity contribution is -0.134. The molecule has 1 aliphatic rings. The second-order valence-electron chi connectivity index (χ2n) is 5.72. The van der Waals surface area contributed by atoms with E-state index >= 15 is 0 Å². The monoisotopic (exact) mass is 413 g/mol. The van der Waals surface area contributed by atoms with Crippen LogP contribution in [0.15, 0.2) is 30.3 Å². The number of benzene rings is 1. The first kappa shape index (κ1) is 19.2. The van der Waals surface area contributed by atoms with Crippen molar-refractivity contribution in [2.75, 3.05) is 32.9 Å². The molecular formula is C18H17Cl2NO4S. The van der Waals surface area contributed by atoms with E-state index in [1.54, 1.807) is 29.2 Å². The molecule has 0 aliphatic carbocycles. The molecule has 8 heteroatoms. The Balaban J connectivity index is 1.54. The summed E-state index contributed by atoms with van der Waals surface area (Å²) in [5.74, 6) is 0.299. The first-order valence-electron chi connectivity index (χ1n) is 8.08. The van der Waals surface area contributed by atoms with E-state index in [2.05, 4.69) is 0 Å². The van der Waals surface area contributed by atoms with Crippen LogP contribution in [-0.4, -0.2) is 49.5 Å². The molecule has 138 valence electrons. The summed E-state index contributed by atoms with van der Waals surface area (Å²) in [6, 6.07) is 8.36. The molecule has 0 saturated carbocycles. The van der Waals surface area contributed by atoms with Crippen LogP contribution in [0.4, 0.5) is 0 Å². The molecule has 0 unspecified atom stereocenters. The van der Waals surface area contributed by atoms with Gasteiger partial charge in [-0.15, -0.1) is 11.3 Å². The van der Waals surface area contributed by atoms with Crippen molar-refractivity contribution in [3.8, 4) is 5.75 Å². The first-order valence-corrected chi connectivity index (χ1v) is 9.65. The van der Waals surface area contributed by atoms with Gasteiger partial charge in [0.05, 0.1) is 29.5 Å². The number of carbonyl (C=O) groups excluding carboxylic acids is 2. The fourth-order valence-electron chi connectivity index (χ4n) is 2.50. The first-order chi connectivity index (χ1) is 12.5. The third-order valence-corrected chi connectivity index (χ3v) is 5.54. The number of ether oxygens (including phenoxy) is 2. The van der Waals surface area contributed by atoms with Crippen LogP contribution in [0.5, 0.6) is 5.75 Å². The lowest BCUT2D eigenvalue weighted by atomic mass is 10.2. The number of nitrogens with zero attached hydrogens (tertiary/aromatic N) is 1. The van der Waals surface area contributed by atoms with Gasteiger partial charge in [-0.1, -0.05) is 23.2 Å². The van der Waals surface area contributed by atoms with Gasteiger partial charge in [0.2, 0.25) is 11.7 Å². The number of thiophene rings is 1. The van der Waals surface area contributed by atoms with Crippen LogP contribution >= 0.6 is 34.5 Å². The van der Waals surface area contributed by atoms with Crippen molar-refractivity contribution in [1.29, 1.82) is 0 Å². The minimum Gasteiger partial charge on any atom is -0.484 e. The van der Waals surface area contributed by atoms with E-state index in [1.807, 2.05) is 6.07 Å². The van der Waals surface area contributed by atoms with Gasteiger partial charge in [0.25, 0.3) is 0 Å². The zero-order valence-electron chi connectivity index (χ0n) is 13.9. The number of hydrogen-bond donors (Lipinski definition) is 0. The van der Waals surface area contributed by atoms with Crippen molar-refractivity contribution >= 4 is 46.2 Å². The highest BCUT2D eigenvalue weighted by Crippen LogP contribution is 2.28. The van der Waals surface area contributed by atoms with Crippen LogP contribution in [-0.2, 0) is 16.0 Å². The fraction of sp³-hybridized carbons (Fsp3) is 0.333. The average Bonchev–Trinajstić information content (AvgIpc) is 3.10. The Bertz CT molecular complexity index is 802. The molecule has 0 bridgehead atoms. The summed E-state index contributed by atoms with van der Waals surface area (Å²) in [7, 11) is 0. The molecule has 1 fully saturated rings. The van der Waals surface area contributed by atoms with Gasteiger partial charge in [-0.25, -0.2) is 0 Å². The predicted molar refractivity (Wildman–Crippen MR) is 102 cm³/mol. The van der Waals surface area contributed by atoms with Crippen LogP contribution in [0.2, 0.25) is 10.0 Å². The van der Waals surface area contributed by atoms with Crippen molar-refractivity contribution in [2.45, 2.75) is 6.42 Å². The number of Topliss-reactive ketones (excluding diaryl/α,β-unsaturated/α-hetero) is 1. The van der Waals surface area contributed by atoms with Gasteiger partial charge in [0.15, 0.2) is 6.61 Å². The van der Waals surface area contributed by atoms with Crippen molar-refractivity contribution in [3.63, 3.8) is 0 Å². The minimum atomic E-state index is -0.161. The Morgan fingerprint density at radius 1 is 1.15 bits per heavy atom. The van der Waals surface area contributed by atoms with Gasteiger partial charge in [-0.05, 0) is 30.3 Å². The Kier molecular flexibility index (Phi) is 6.53. The maximum Gasteiger partial charge on any atom is 0.227 e. The maximum absolute atomic E-state index is 12.3. The lowest BCUT2D eigenvalue weighted by Gasteiger charge is -2.26. The molecule has 2 heterocycles. The normalized spacial score (nSPS) is 14.3. The van der Waals surface area contributed by atoms with E-state index in [4.69, 9.17) is 32.7 Å². The van der Waals surface area contributed by atoms with Crippen LogP contribution in [0.3, 0.4) is 0 Å². The molecule has 0 spiro atoms. The van der Waals surface area contributed by atoms with Crippen molar-refractivity contribution in [3.05, 3.63) is 50.1 Å². The molecule has 1 saturated heterocycles. The van der Waals surface area contributed by atoms with E-state index in [-0.39, 0.29) is 18.3 Å². The van der Waals surface area contributed by atoms with Gasteiger partial charge in [-0.2, -0.15) is 0 Å². The number of rotatable bonds is 6. The summed E-state index contributed by atoms with van der Waals surface area (Å²) in [4.78, 5) is 27.8. The SMILES string of the molecule is O=C(COc1ccc(Cl)cc1Cl)c1ccc(CC(=O)N2CCOCC2)s1. The van der Waals surface area contributed by atoms with Crippen molar-refractivity contribution < 1.29 is 19.1 Å². The number of amides is 1. The summed E-state index contributed by atoms with van der Waals surface area (Å²) in [6.07, 6.45) is 0.293. The van der Waals surface area contributed by atoms with Gasteiger partial charge in [0, 0.05) is 23.0 Å². The van der Waals surface area contributed by atoms with E-state index in [9.17, 15) is 9.59 Å². The van der Waals surface area contributed by atoms with Gasteiger partial charge in [-0.3, -0.25) is 9.59 Å². The Hall–Kier alpha value is -1.60. The number of hydrogen-bond acceptors (Lipinski definition) is 5. The average molecular weight is 414 g/mol. The molecule has 0 atom stereocenters. The molecule has 2 aromatic rings. The second kappa shape index (κ2) is 8.86. The Morgan fingerprint density at radius 3 is 2.65 bits per heavy atom. The smallest absolute Gasteiger partial charge is 0.227 e. The summed E-state index contributed by atoms with van der Waals surface area (Å²) >= 11 is 13.2. The third-order valence-electron chi connectivity index (χ3n) is 3.88. The Labute approximate surface area is 165 Å². The molecule has 1 aromatic carbocycles. The van der Waals surface area contributed by atoms with Crippen LogP contribution in [0.25, 0.3) is 0 Å². The summed E-state index contributed by atoms with van der Waals surface area (Å²) in [5, 5.41) is 0.856. The lowest BCUT2D eigenvalue weighted by Crippen LogP contribution is -2.41. The Morgan fingerprint density at radius 2 is 1.92 bits per heavy atom. The molecule has 1 aromatic heterocycles. The van der Waals surface area contributed by atoms with Gasteiger partial charge >= 0.3 is 0 Å². The van der Waals surface area contributed by atoms with Crippen LogP contribution in [0.1, 0.15) is 14.5 Å². The number of halogens is 2. The number of morpholine rings is 1. The molecule has 0 radical (unpaired) electrons. The van der Waals surface area contributed by atoms with E-state index in [0.29, 0.717) is 53.4 Å². The highest BCUT2D eigenvalue weighted by Gasteiger charge is 2.19. The zero-order chi connectivity index (χ0) is 18.5. The van der Waals surface area contributed by atoms with Gasteiger partial charge in [0.1, 0.15) is 5.75 Å². The number of ketones is 1. The number of carbonyl (C=O) groups is 2. The highest BCUT2D eigenvalue weighted by atomic mass is 35.5. The molecule has 5 nitrogen and oxygen atoms in total. The molecule has 1 amide bonds. The summed E-state index contributed by atoms with van der Waals surface area (Å²) < 4.78 is 10.7. The molecule has 1 aliphatic heterocycles. The topological polar surface area (TPSA) is 55.8 Å². The van der Waals surface area contributed by atoms with E-state index < -0.39 is 0 Å². The fourth-order valence-corrected chi connectivity index (χ4v) is 3.89. The maximum atomic E-state index is 12.3. The second-order valence-corrected chi connectivity index (χ2v) is 7.73. The largest absolute Gasteiger partial charge is 0.484 e. The standard InChI is InChI=1S/C18H17Cl2NO4S/c19-12-1-3-16(14(20)9-12)25-11-15(22)17-4-2-13(26-17)10-18(23)21-5-7-24-8-6-21/h1-4,9H,5-8,10-11H2. The molecule has 3 rings (SSSR count). The summed E-state index contributed by atoms with van der Waals surface area (Å²) in [6.45, 7) is 2.26. The summed E-state index contributed by atoms with van der Waals surface area (Å²) in [5.41, 5.74) is 0. The van der Waals surface area contributed by atoms with E-state index in [0.717, 1.165) is 4.88 Å². The third kappa shape index (κ3) is 4.98. The van der Waals surface area contributed by atoms with Crippen LogP contribution in [0, 0.1) is 0 Å². The van der Waals surface area contributed by atoms with Crippen molar-refractivity contribution in [1.82, 2.24) is 4.90 Å². The zero-order valence-corrected chi connectivity index (χ0v) is 16.2. The molecular weight excluding hydrogens is 397 g/mol. The van der Waals surface area contributed by atoms with Crippen LogP contribution < -0.4 is 4.74 Å². The molecule has 26 heavy (non-hydrogen) atoms. The van der Waals surface area contributed by atoms with Crippen molar-refractivity contribution in [2.24, 2.45) is 0 Å². The quantitative estimate of drug-likeness (QED) is 0.677. The minimum absolute atomic E-state index is 0.0540. The predicted octanol–water partition coefficient (Wildman–Crippen LogP) is 3.72. The molecule has 0 N–H and O–H groups in total. The van der Waals surface area contributed by atoms with E-state index in [1.165, 1.54) is 11.3 Å². The highest BCUT2D eigenvalue weighted by molar-refractivity contribution is 7.14. The van der Waals surface area contributed by atoms with Gasteiger partial charge < -0.3 is 14.4 Å².